The van der Waals surface area contributed by atoms with E-state index in [-0.39, 0.29) is 0 Å². The number of nitrogens with one attached hydrogen (secondary N) is 1. The van der Waals surface area contributed by atoms with Gasteiger partial charge in [-0.2, -0.15) is 57.1 Å². The number of hydroxylamine groups is 3. The molecule has 5 nitrogen and oxygen atoms in total. The monoisotopic (exact) mass is 500 g/mol. The molecule has 0 atom stereocenters. The van der Waals surface area contributed by atoms with Gasteiger partial charge in [-0.3, -0.25) is 0 Å². The van der Waals surface area contributed by atoms with Crippen molar-refractivity contribution in [2.75, 3.05) is 27.2 Å². The van der Waals surface area contributed by atoms with Crippen molar-refractivity contribution < 1.29 is 70.1 Å². The topological polar surface area (TPSA) is 69.2 Å². The molecular weight excluding hydrogens is 487 g/mol. The smallest absolute Gasteiger partial charge is 0.460 e. The summed E-state index contributed by atoms with van der Waals surface area (Å²) in [6.45, 7) is -1.84. The molecule has 30 heavy (non-hydrogen) atoms. The molecular formula is C11H13F13N2O3S. The molecule has 0 heterocycles. The fourth-order valence-corrected chi connectivity index (χ4v) is 2.74. The summed E-state index contributed by atoms with van der Waals surface area (Å²) in [7, 11) is -5.12. The first kappa shape index (κ1) is 28.9. The van der Waals surface area contributed by atoms with Crippen LogP contribution in [-0.4, -0.2) is 75.4 Å². The fourth-order valence-electron chi connectivity index (χ4n) is 1.68. The van der Waals surface area contributed by atoms with Crippen LogP contribution < -0.4 is 4.72 Å². The van der Waals surface area contributed by atoms with Crippen LogP contribution in [0.4, 0.5) is 57.1 Å². The lowest BCUT2D eigenvalue weighted by molar-refractivity contribution is -0.840. The largest absolute Gasteiger partial charge is 0.633 e. The van der Waals surface area contributed by atoms with Gasteiger partial charge < -0.3 is 9.85 Å². The Morgan fingerprint density at radius 2 is 1.10 bits per heavy atom. The Balaban J connectivity index is 6.06. The number of rotatable bonds is 10. The summed E-state index contributed by atoms with van der Waals surface area (Å²) >= 11 is 0. The molecule has 0 unspecified atom stereocenters. The maximum Gasteiger partial charge on any atom is 0.460 e. The molecule has 0 saturated carbocycles. The number of alkyl halides is 13. The highest BCUT2D eigenvalue weighted by atomic mass is 32.2. The molecule has 1 N–H and O–H groups in total. The van der Waals surface area contributed by atoms with Gasteiger partial charge >= 0.3 is 35.1 Å². The van der Waals surface area contributed by atoms with Gasteiger partial charge in [0, 0.05) is 13.0 Å². The summed E-state index contributed by atoms with van der Waals surface area (Å²) < 4.78 is 190. The van der Waals surface area contributed by atoms with Crippen molar-refractivity contribution in [2.24, 2.45) is 0 Å². The molecule has 0 radical (unpaired) electrons. The Hall–Kier alpha value is -1.08. The van der Waals surface area contributed by atoms with Crippen LogP contribution in [0.3, 0.4) is 0 Å². The van der Waals surface area contributed by atoms with Crippen molar-refractivity contribution in [2.45, 2.75) is 41.5 Å². The zero-order valence-electron chi connectivity index (χ0n) is 14.6. The van der Waals surface area contributed by atoms with Crippen molar-refractivity contribution in [3.8, 4) is 0 Å². The molecule has 0 bridgehead atoms. The summed E-state index contributed by atoms with van der Waals surface area (Å²) in [4.78, 5) is 0. The lowest BCUT2D eigenvalue weighted by Gasteiger charge is -2.39. The Kier molecular flexibility index (Phi) is 7.52. The van der Waals surface area contributed by atoms with Crippen molar-refractivity contribution in [1.29, 1.82) is 0 Å². The van der Waals surface area contributed by atoms with Crippen molar-refractivity contribution in [3.63, 3.8) is 0 Å². The van der Waals surface area contributed by atoms with E-state index in [0.29, 0.717) is 4.72 Å². The minimum atomic E-state index is -8.20. The molecule has 182 valence electrons. The summed E-state index contributed by atoms with van der Waals surface area (Å²) in [5.41, 5.74) is 0. The van der Waals surface area contributed by atoms with Crippen LogP contribution in [0.5, 0.6) is 0 Å². The van der Waals surface area contributed by atoms with Crippen LogP contribution in [0, 0.1) is 5.21 Å². The lowest BCUT2D eigenvalue weighted by Crippen LogP contribution is -2.71. The van der Waals surface area contributed by atoms with Crippen LogP contribution in [0.1, 0.15) is 6.42 Å². The molecule has 0 amide bonds. The molecule has 0 spiro atoms. The van der Waals surface area contributed by atoms with Crippen LogP contribution in [0.15, 0.2) is 0 Å². The predicted octanol–water partition coefficient (Wildman–Crippen LogP) is 3.57. The van der Waals surface area contributed by atoms with Gasteiger partial charge in [-0.1, -0.05) is 0 Å². The quantitative estimate of drug-likeness (QED) is 0.216. The van der Waals surface area contributed by atoms with E-state index in [1.807, 2.05) is 0 Å². The van der Waals surface area contributed by atoms with Crippen LogP contribution in [0.25, 0.3) is 0 Å². The molecule has 0 aliphatic carbocycles. The van der Waals surface area contributed by atoms with Gasteiger partial charge in [0.2, 0.25) is 0 Å². The van der Waals surface area contributed by atoms with Crippen LogP contribution in [0.2, 0.25) is 0 Å². The fraction of sp³-hybridized carbons (Fsp3) is 1.00. The molecule has 0 fully saturated rings. The van der Waals surface area contributed by atoms with Crippen molar-refractivity contribution in [1.82, 2.24) is 4.72 Å². The van der Waals surface area contributed by atoms with Gasteiger partial charge in [0.05, 0.1) is 20.6 Å². The van der Waals surface area contributed by atoms with Gasteiger partial charge in [-0.05, 0) is 0 Å². The normalized spacial score (nSPS) is 16.1. The second-order valence-corrected chi connectivity index (χ2v) is 8.17. The summed E-state index contributed by atoms with van der Waals surface area (Å²) in [5, 5.41) is 3.87. The zero-order chi connectivity index (χ0) is 24.8. The maximum atomic E-state index is 13.5. The molecule has 0 aromatic carbocycles. The number of halogens is 13. The van der Waals surface area contributed by atoms with Gasteiger partial charge in [0.25, 0.3) is 10.0 Å². The maximum absolute atomic E-state index is 13.5. The van der Waals surface area contributed by atoms with E-state index in [1.165, 1.54) is 0 Å². The predicted molar refractivity (Wildman–Crippen MR) is 72.7 cm³/mol. The number of hydrogen-bond acceptors (Lipinski definition) is 3. The molecule has 0 aromatic rings. The standard InChI is InChI=1S/C11H13F13N2O3S/c1-26(2,27)5-3-4-25-30(28,29)11(23,24)9(18,19)7(14,15)6(12,13)8(16,17)10(20,21)22/h25H,3-5H2,1-2H3. The third-order valence-corrected chi connectivity index (χ3v) is 4.92. The summed E-state index contributed by atoms with van der Waals surface area (Å²) in [6.07, 6.45) is -8.26. The van der Waals surface area contributed by atoms with E-state index in [4.69, 9.17) is 0 Å². The van der Waals surface area contributed by atoms with Crippen LogP contribution >= 0.6 is 0 Å². The second-order valence-electron chi connectivity index (χ2n) is 6.36. The highest BCUT2D eigenvalue weighted by Gasteiger charge is 2.92. The average Bonchev–Trinajstić information content (AvgIpc) is 2.48. The van der Waals surface area contributed by atoms with E-state index < -0.39 is 69.3 Å². The van der Waals surface area contributed by atoms with Gasteiger partial charge in [-0.15, -0.1) is 0 Å². The SMILES string of the molecule is C[N+](C)([O-])CCCNS(=O)(=O)C(F)(F)C(F)(F)C(F)(F)C(F)(F)C(F)(F)C(F)(F)F. The first-order valence-corrected chi connectivity index (χ1v) is 8.68. The second kappa shape index (κ2) is 7.80. The highest BCUT2D eigenvalue weighted by Crippen LogP contribution is 2.60. The van der Waals surface area contributed by atoms with E-state index in [9.17, 15) is 70.7 Å². The van der Waals surface area contributed by atoms with E-state index in [2.05, 4.69) is 0 Å². The first-order chi connectivity index (χ1) is 12.7. The van der Waals surface area contributed by atoms with Gasteiger partial charge in [-0.25, -0.2) is 13.1 Å². The number of quaternary nitrogens is 1. The molecule has 19 heteroatoms. The molecule has 0 aliphatic rings. The number of nitrogens with zero attached hydrogens (tertiary/aromatic N) is 1. The molecule has 0 rings (SSSR count). The van der Waals surface area contributed by atoms with Crippen molar-refractivity contribution in [3.05, 3.63) is 5.21 Å². The summed E-state index contributed by atoms with van der Waals surface area (Å²) in [6, 6.07) is 0. The molecule has 0 saturated heterocycles. The van der Waals surface area contributed by atoms with Gasteiger partial charge in [0.1, 0.15) is 0 Å². The summed E-state index contributed by atoms with van der Waals surface area (Å²) in [5.74, 6) is -32.3. The highest BCUT2D eigenvalue weighted by molar-refractivity contribution is 7.90. The van der Waals surface area contributed by atoms with Crippen molar-refractivity contribution >= 4 is 10.0 Å². The minimum Gasteiger partial charge on any atom is -0.633 e. The zero-order valence-corrected chi connectivity index (χ0v) is 15.4. The lowest BCUT2D eigenvalue weighted by atomic mass is 9.98. The average molecular weight is 500 g/mol. The Labute approximate surface area is 160 Å². The Bertz CT molecular complexity index is 713. The van der Waals surface area contributed by atoms with Crippen LogP contribution in [-0.2, 0) is 10.0 Å². The van der Waals surface area contributed by atoms with E-state index in [0.717, 1.165) is 14.1 Å². The number of hydrogen-bond donors (Lipinski definition) is 1. The molecule has 0 aliphatic heterocycles. The van der Waals surface area contributed by atoms with Gasteiger partial charge in [0.15, 0.2) is 0 Å². The Morgan fingerprint density at radius 3 is 1.43 bits per heavy atom. The molecule has 0 aromatic heterocycles. The third-order valence-electron chi connectivity index (χ3n) is 3.41. The number of sulfonamides is 1. The Morgan fingerprint density at radius 1 is 0.733 bits per heavy atom. The van der Waals surface area contributed by atoms with E-state index in [1.54, 1.807) is 0 Å². The van der Waals surface area contributed by atoms with E-state index >= 15 is 0 Å². The first-order valence-electron chi connectivity index (χ1n) is 7.20. The third kappa shape index (κ3) is 4.72. The minimum absolute atomic E-state index is 0.545.